The molecular weight excluding hydrogens is 236 g/mol. The van der Waals surface area contributed by atoms with Gasteiger partial charge in [0.25, 0.3) is 0 Å². The Kier molecular flexibility index (Phi) is 2.76. The lowest BCUT2D eigenvalue weighted by Gasteiger charge is -2.18. The van der Waals surface area contributed by atoms with Crippen molar-refractivity contribution in [2.24, 2.45) is 0 Å². The van der Waals surface area contributed by atoms with Crippen LogP contribution in [0.4, 0.5) is 0 Å². The van der Waals surface area contributed by atoms with Crippen LogP contribution in [-0.4, -0.2) is 9.36 Å². The van der Waals surface area contributed by atoms with Crippen molar-refractivity contribution in [2.75, 3.05) is 0 Å². The quantitative estimate of drug-likeness (QED) is 0.760. The summed E-state index contributed by atoms with van der Waals surface area (Å²) in [6, 6.07) is 0. The first-order valence-electron chi connectivity index (χ1n) is 4.35. The minimum absolute atomic E-state index is 0.697. The van der Waals surface area contributed by atoms with Crippen LogP contribution in [0.1, 0.15) is 43.0 Å². The van der Waals surface area contributed by atoms with Gasteiger partial charge in [-0.1, -0.05) is 19.3 Å². The zero-order valence-corrected chi connectivity index (χ0v) is 9.20. The molecule has 1 heterocycles. The first kappa shape index (κ1) is 8.63. The van der Waals surface area contributed by atoms with Crippen molar-refractivity contribution in [1.82, 2.24) is 9.36 Å². The predicted molar refractivity (Wildman–Crippen MR) is 53.4 cm³/mol. The van der Waals surface area contributed by atoms with Gasteiger partial charge in [-0.3, -0.25) is 0 Å². The second-order valence-electron chi connectivity index (χ2n) is 3.24. The van der Waals surface area contributed by atoms with E-state index >= 15 is 0 Å². The molecule has 0 aliphatic heterocycles. The number of nitrogens with zero attached hydrogens (tertiary/aromatic N) is 2. The third-order valence-electron chi connectivity index (χ3n) is 2.37. The Bertz CT molecular complexity index is 255. The van der Waals surface area contributed by atoms with Crippen molar-refractivity contribution in [1.29, 1.82) is 0 Å². The van der Waals surface area contributed by atoms with Crippen LogP contribution in [0.3, 0.4) is 0 Å². The Balaban J connectivity index is 2.08. The Labute approximate surface area is 84.7 Å². The second kappa shape index (κ2) is 3.83. The minimum atomic E-state index is 0.697. The van der Waals surface area contributed by atoms with Crippen LogP contribution >= 0.6 is 27.5 Å². The van der Waals surface area contributed by atoms with Crippen molar-refractivity contribution in [2.45, 2.75) is 38.0 Å². The highest BCUT2D eigenvalue weighted by molar-refractivity contribution is 9.10. The summed E-state index contributed by atoms with van der Waals surface area (Å²) in [6.07, 6.45) is 6.74. The molecule has 12 heavy (non-hydrogen) atoms. The van der Waals surface area contributed by atoms with Gasteiger partial charge in [-0.2, -0.15) is 4.37 Å². The molecule has 0 spiro atoms. The highest BCUT2D eigenvalue weighted by Gasteiger charge is 2.18. The number of halogens is 1. The summed E-state index contributed by atoms with van der Waals surface area (Å²) in [6.45, 7) is 0. The van der Waals surface area contributed by atoms with Gasteiger partial charge in [-0.25, -0.2) is 4.98 Å². The van der Waals surface area contributed by atoms with Gasteiger partial charge in [0, 0.05) is 5.92 Å². The summed E-state index contributed by atoms with van der Waals surface area (Å²) in [5.41, 5.74) is 0. The third kappa shape index (κ3) is 1.85. The molecule has 0 amide bonds. The van der Waals surface area contributed by atoms with Crippen LogP contribution in [0.15, 0.2) is 4.73 Å². The van der Waals surface area contributed by atoms with Crippen molar-refractivity contribution in [3.63, 3.8) is 0 Å². The molecule has 0 N–H and O–H groups in total. The second-order valence-corrected chi connectivity index (χ2v) is 4.73. The van der Waals surface area contributed by atoms with Gasteiger partial charge in [0.2, 0.25) is 4.73 Å². The van der Waals surface area contributed by atoms with Crippen molar-refractivity contribution < 1.29 is 0 Å². The molecule has 1 aliphatic rings. The molecule has 0 unspecified atom stereocenters. The fraction of sp³-hybridized carbons (Fsp3) is 0.750. The van der Waals surface area contributed by atoms with Gasteiger partial charge >= 0.3 is 0 Å². The molecule has 66 valence electrons. The number of hydrogen-bond donors (Lipinski definition) is 0. The molecule has 1 aromatic rings. The fourth-order valence-corrected chi connectivity index (χ4v) is 2.98. The van der Waals surface area contributed by atoms with Crippen LogP contribution in [0, 0.1) is 0 Å². The standard InChI is InChI=1S/C8H11BrN2S/c9-8-10-7(12-11-8)6-4-2-1-3-5-6/h6H,1-5H2. The summed E-state index contributed by atoms with van der Waals surface area (Å²) in [7, 11) is 0. The zero-order chi connectivity index (χ0) is 8.39. The monoisotopic (exact) mass is 246 g/mol. The van der Waals surface area contributed by atoms with E-state index in [4.69, 9.17) is 0 Å². The van der Waals surface area contributed by atoms with Crippen LogP contribution in [-0.2, 0) is 0 Å². The largest absolute Gasteiger partial charge is 0.214 e. The zero-order valence-electron chi connectivity index (χ0n) is 6.79. The molecule has 1 saturated carbocycles. The highest BCUT2D eigenvalue weighted by Crippen LogP contribution is 2.33. The maximum atomic E-state index is 4.36. The molecule has 0 saturated heterocycles. The lowest BCUT2D eigenvalue weighted by atomic mass is 9.90. The maximum Gasteiger partial charge on any atom is 0.209 e. The van der Waals surface area contributed by atoms with Crippen molar-refractivity contribution >= 4 is 27.5 Å². The average Bonchev–Trinajstić information content (AvgIpc) is 2.54. The van der Waals surface area contributed by atoms with Crippen LogP contribution in [0.2, 0.25) is 0 Å². The van der Waals surface area contributed by atoms with E-state index in [1.54, 1.807) is 11.5 Å². The lowest BCUT2D eigenvalue weighted by molar-refractivity contribution is 0.442. The van der Waals surface area contributed by atoms with Crippen LogP contribution < -0.4 is 0 Å². The molecular formula is C8H11BrN2S. The fourth-order valence-electron chi connectivity index (χ4n) is 1.73. The first-order valence-corrected chi connectivity index (χ1v) is 5.92. The van der Waals surface area contributed by atoms with E-state index in [1.165, 1.54) is 37.1 Å². The van der Waals surface area contributed by atoms with E-state index in [-0.39, 0.29) is 0 Å². The Morgan fingerprint density at radius 3 is 2.58 bits per heavy atom. The molecule has 0 bridgehead atoms. The van der Waals surface area contributed by atoms with Crippen molar-refractivity contribution in [3.8, 4) is 0 Å². The molecule has 2 nitrogen and oxygen atoms in total. The highest BCUT2D eigenvalue weighted by atomic mass is 79.9. The minimum Gasteiger partial charge on any atom is -0.214 e. The average molecular weight is 247 g/mol. The third-order valence-corrected chi connectivity index (χ3v) is 3.84. The molecule has 0 aromatic carbocycles. The maximum absolute atomic E-state index is 4.36. The van der Waals surface area contributed by atoms with E-state index in [9.17, 15) is 0 Å². The SMILES string of the molecule is Brc1nsc(C2CCCCC2)n1. The summed E-state index contributed by atoms with van der Waals surface area (Å²) in [5.74, 6) is 0.697. The molecule has 1 aromatic heterocycles. The van der Waals surface area contributed by atoms with Gasteiger partial charge in [-0.05, 0) is 40.3 Å². The Morgan fingerprint density at radius 2 is 2.00 bits per heavy atom. The summed E-state index contributed by atoms with van der Waals surface area (Å²) >= 11 is 4.84. The summed E-state index contributed by atoms with van der Waals surface area (Å²) < 4.78 is 4.90. The number of rotatable bonds is 1. The molecule has 1 aliphatic carbocycles. The summed E-state index contributed by atoms with van der Waals surface area (Å²) in [4.78, 5) is 4.36. The van der Waals surface area contributed by atoms with Crippen molar-refractivity contribution in [3.05, 3.63) is 9.74 Å². The van der Waals surface area contributed by atoms with Crippen LogP contribution in [0.25, 0.3) is 0 Å². The number of aromatic nitrogens is 2. The van der Waals surface area contributed by atoms with Gasteiger partial charge in [0.05, 0.1) is 0 Å². The lowest BCUT2D eigenvalue weighted by Crippen LogP contribution is -2.03. The van der Waals surface area contributed by atoms with Gasteiger partial charge in [-0.15, -0.1) is 0 Å². The Morgan fingerprint density at radius 1 is 1.25 bits per heavy atom. The molecule has 4 heteroatoms. The van der Waals surface area contributed by atoms with Gasteiger partial charge in [0.15, 0.2) is 0 Å². The smallest absolute Gasteiger partial charge is 0.209 e. The number of hydrogen-bond acceptors (Lipinski definition) is 3. The van der Waals surface area contributed by atoms with E-state index in [0.717, 1.165) is 4.73 Å². The van der Waals surface area contributed by atoms with Crippen LogP contribution in [0.5, 0.6) is 0 Å². The first-order chi connectivity index (χ1) is 5.86. The Hall–Kier alpha value is 0.0400. The van der Waals surface area contributed by atoms with E-state index in [2.05, 4.69) is 25.3 Å². The van der Waals surface area contributed by atoms with E-state index in [0.29, 0.717) is 5.92 Å². The normalized spacial score (nSPS) is 19.8. The molecule has 2 rings (SSSR count). The molecule has 1 fully saturated rings. The molecule has 0 radical (unpaired) electrons. The van der Waals surface area contributed by atoms with Gasteiger partial charge < -0.3 is 0 Å². The topological polar surface area (TPSA) is 25.8 Å². The molecule has 0 atom stereocenters. The van der Waals surface area contributed by atoms with Gasteiger partial charge in [0.1, 0.15) is 5.01 Å². The summed E-state index contributed by atoms with van der Waals surface area (Å²) in [5, 5.41) is 1.22. The van der Waals surface area contributed by atoms with E-state index in [1.807, 2.05) is 0 Å². The predicted octanol–water partition coefficient (Wildman–Crippen LogP) is 3.35. The van der Waals surface area contributed by atoms with E-state index < -0.39 is 0 Å².